The van der Waals surface area contributed by atoms with Gasteiger partial charge in [0.25, 0.3) is 5.56 Å². The molecule has 0 bridgehead atoms. The van der Waals surface area contributed by atoms with Crippen molar-refractivity contribution in [2.24, 2.45) is 0 Å². The number of H-pyrrole nitrogens is 1. The zero-order chi connectivity index (χ0) is 19.5. The van der Waals surface area contributed by atoms with Crippen LogP contribution in [-0.2, 0) is 16.0 Å². The highest BCUT2D eigenvalue weighted by atomic mass is 16.2. The molecule has 1 saturated heterocycles. The number of aryl methyl sites for hydroxylation is 1. The Bertz CT molecular complexity index is 1080. The van der Waals surface area contributed by atoms with Crippen LogP contribution in [0, 0.1) is 0 Å². The fourth-order valence-corrected chi connectivity index (χ4v) is 3.39. The number of hydrogen-bond donors (Lipinski definition) is 1. The second-order valence-electron chi connectivity index (χ2n) is 6.73. The topological polar surface area (TPSA) is 86.4 Å². The Morgan fingerprint density at radius 2 is 1.75 bits per heavy atom. The van der Waals surface area contributed by atoms with Crippen LogP contribution in [0.15, 0.2) is 59.4 Å². The maximum Gasteiger partial charge on any atom is 0.270 e. The highest BCUT2D eigenvalue weighted by Crippen LogP contribution is 2.17. The van der Waals surface area contributed by atoms with Gasteiger partial charge in [0.1, 0.15) is 12.2 Å². The number of aromatic nitrogens is 2. The largest absolute Gasteiger partial charge is 0.332 e. The van der Waals surface area contributed by atoms with Crippen LogP contribution in [-0.4, -0.2) is 46.3 Å². The standard InChI is InChI=1S/C21H20N4O3/c26-19(11-10-18-21(28)23-17-9-5-4-8-16(17)22-18)24-12-13-25(20(27)14-24)15-6-2-1-3-7-15/h1-9H,10-14H2,(H,23,28). The molecule has 2 amide bonds. The average Bonchev–Trinajstić information content (AvgIpc) is 2.72. The molecule has 4 rings (SSSR count). The summed E-state index contributed by atoms with van der Waals surface area (Å²) in [6.45, 7) is 0.986. The number of rotatable bonds is 4. The number of carbonyl (C=O) groups excluding carboxylic acids is 2. The number of anilines is 1. The zero-order valence-electron chi connectivity index (χ0n) is 15.3. The molecule has 1 N–H and O–H groups in total. The summed E-state index contributed by atoms with van der Waals surface area (Å²) in [6.07, 6.45) is 0.388. The lowest BCUT2D eigenvalue weighted by atomic mass is 10.2. The normalized spacial score (nSPS) is 14.5. The number of carbonyl (C=O) groups is 2. The number of nitrogens with zero attached hydrogens (tertiary/aromatic N) is 3. The minimum absolute atomic E-state index is 0.0508. The van der Waals surface area contributed by atoms with Crippen LogP contribution in [0.1, 0.15) is 12.1 Å². The van der Waals surface area contributed by atoms with Crippen LogP contribution in [0.25, 0.3) is 11.0 Å². The van der Waals surface area contributed by atoms with Crippen molar-refractivity contribution in [2.45, 2.75) is 12.8 Å². The minimum Gasteiger partial charge on any atom is -0.332 e. The Kier molecular flexibility index (Phi) is 4.89. The first-order valence-corrected chi connectivity index (χ1v) is 9.23. The maximum absolute atomic E-state index is 12.6. The molecule has 0 radical (unpaired) electrons. The molecular formula is C21H20N4O3. The molecule has 7 heteroatoms. The smallest absolute Gasteiger partial charge is 0.270 e. The van der Waals surface area contributed by atoms with Crippen molar-refractivity contribution in [1.29, 1.82) is 0 Å². The summed E-state index contributed by atoms with van der Waals surface area (Å²) in [4.78, 5) is 47.6. The van der Waals surface area contributed by atoms with Crippen molar-refractivity contribution >= 4 is 28.5 Å². The SMILES string of the molecule is O=C(CCc1nc2ccccc2[nH]c1=O)N1CCN(c2ccccc2)C(=O)C1. The van der Waals surface area contributed by atoms with Gasteiger partial charge in [-0.3, -0.25) is 14.4 Å². The third-order valence-corrected chi connectivity index (χ3v) is 4.89. The molecule has 1 aliphatic heterocycles. The summed E-state index contributed by atoms with van der Waals surface area (Å²) in [5.74, 6) is -0.247. The molecule has 7 nitrogen and oxygen atoms in total. The molecule has 0 saturated carbocycles. The van der Waals surface area contributed by atoms with Crippen molar-refractivity contribution in [3.63, 3.8) is 0 Å². The van der Waals surface area contributed by atoms with E-state index in [0.717, 1.165) is 5.69 Å². The molecule has 1 aromatic heterocycles. The lowest BCUT2D eigenvalue weighted by Crippen LogP contribution is -2.52. The van der Waals surface area contributed by atoms with Gasteiger partial charge in [0.2, 0.25) is 11.8 Å². The van der Waals surface area contributed by atoms with Gasteiger partial charge in [0.15, 0.2) is 0 Å². The first kappa shape index (κ1) is 17.9. The van der Waals surface area contributed by atoms with Crippen LogP contribution in [0.2, 0.25) is 0 Å². The summed E-state index contributed by atoms with van der Waals surface area (Å²) in [5, 5.41) is 0. The summed E-state index contributed by atoms with van der Waals surface area (Å²) in [7, 11) is 0. The maximum atomic E-state index is 12.6. The monoisotopic (exact) mass is 376 g/mol. The minimum atomic E-state index is -0.281. The number of hydrogen-bond acceptors (Lipinski definition) is 4. The van der Waals surface area contributed by atoms with E-state index in [2.05, 4.69) is 9.97 Å². The van der Waals surface area contributed by atoms with Crippen LogP contribution >= 0.6 is 0 Å². The molecule has 28 heavy (non-hydrogen) atoms. The molecular weight excluding hydrogens is 356 g/mol. The van der Waals surface area contributed by atoms with Gasteiger partial charge >= 0.3 is 0 Å². The molecule has 3 aromatic rings. The number of fused-ring (bicyclic) bond motifs is 1. The van der Waals surface area contributed by atoms with Crippen molar-refractivity contribution in [2.75, 3.05) is 24.5 Å². The highest BCUT2D eigenvalue weighted by Gasteiger charge is 2.27. The second kappa shape index (κ2) is 7.64. The molecule has 1 aliphatic rings. The third-order valence-electron chi connectivity index (χ3n) is 4.89. The number of aromatic amines is 1. The van der Waals surface area contributed by atoms with Crippen LogP contribution in [0.3, 0.4) is 0 Å². The molecule has 2 aromatic carbocycles. The van der Waals surface area contributed by atoms with Crippen LogP contribution in [0.5, 0.6) is 0 Å². The number of piperazine rings is 1. The molecule has 0 aliphatic carbocycles. The summed E-state index contributed by atoms with van der Waals surface area (Å²) in [6, 6.07) is 16.7. The quantitative estimate of drug-likeness (QED) is 0.751. The van der Waals surface area contributed by atoms with Gasteiger partial charge in [0, 0.05) is 31.6 Å². The number of para-hydroxylation sites is 3. The van der Waals surface area contributed by atoms with Gasteiger partial charge in [-0.25, -0.2) is 4.98 Å². The zero-order valence-corrected chi connectivity index (χ0v) is 15.3. The molecule has 1 fully saturated rings. The van der Waals surface area contributed by atoms with Gasteiger partial charge in [-0.2, -0.15) is 0 Å². The van der Waals surface area contributed by atoms with E-state index in [1.54, 1.807) is 15.9 Å². The van der Waals surface area contributed by atoms with Crippen molar-refractivity contribution in [3.05, 3.63) is 70.6 Å². The van der Waals surface area contributed by atoms with Gasteiger partial charge < -0.3 is 14.8 Å². The fourth-order valence-electron chi connectivity index (χ4n) is 3.39. The van der Waals surface area contributed by atoms with E-state index in [0.29, 0.717) is 29.8 Å². The Morgan fingerprint density at radius 1 is 1.00 bits per heavy atom. The highest BCUT2D eigenvalue weighted by molar-refractivity contribution is 5.97. The van der Waals surface area contributed by atoms with Crippen molar-refractivity contribution in [3.8, 4) is 0 Å². The number of benzene rings is 2. The Hall–Kier alpha value is -3.48. The summed E-state index contributed by atoms with van der Waals surface area (Å²) < 4.78 is 0. The Balaban J connectivity index is 1.39. The van der Waals surface area contributed by atoms with E-state index in [1.807, 2.05) is 48.5 Å². The Labute approximate surface area is 161 Å². The lowest BCUT2D eigenvalue weighted by Gasteiger charge is -2.34. The van der Waals surface area contributed by atoms with Crippen molar-refractivity contribution < 1.29 is 9.59 Å². The van der Waals surface area contributed by atoms with Crippen LogP contribution in [0.4, 0.5) is 5.69 Å². The summed E-state index contributed by atoms with van der Waals surface area (Å²) in [5.41, 5.74) is 2.26. The molecule has 142 valence electrons. The fraction of sp³-hybridized carbons (Fsp3) is 0.238. The molecule has 0 spiro atoms. The summed E-state index contributed by atoms with van der Waals surface area (Å²) >= 11 is 0. The van der Waals surface area contributed by atoms with Gasteiger partial charge in [-0.1, -0.05) is 30.3 Å². The van der Waals surface area contributed by atoms with E-state index >= 15 is 0 Å². The van der Waals surface area contributed by atoms with Gasteiger partial charge in [0.05, 0.1) is 11.0 Å². The van der Waals surface area contributed by atoms with E-state index in [4.69, 9.17) is 0 Å². The lowest BCUT2D eigenvalue weighted by molar-refractivity contribution is -0.136. The van der Waals surface area contributed by atoms with E-state index in [-0.39, 0.29) is 36.8 Å². The molecule has 0 atom stereocenters. The second-order valence-corrected chi connectivity index (χ2v) is 6.73. The molecule has 2 heterocycles. The number of amides is 2. The molecule has 0 unspecified atom stereocenters. The van der Waals surface area contributed by atoms with E-state index < -0.39 is 0 Å². The predicted molar refractivity (Wildman–Crippen MR) is 106 cm³/mol. The Morgan fingerprint density at radius 3 is 2.54 bits per heavy atom. The van der Waals surface area contributed by atoms with Crippen LogP contribution < -0.4 is 10.5 Å². The predicted octanol–water partition coefficient (Wildman–Crippen LogP) is 1.73. The van der Waals surface area contributed by atoms with Gasteiger partial charge in [-0.15, -0.1) is 0 Å². The number of nitrogens with one attached hydrogen (secondary N) is 1. The van der Waals surface area contributed by atoms with Gasteiger partial charge in [-0.05, 0) is 24.3 Å². The first-order valence-electron chi connectivity index (χ1n) is 9.23. The van der Waals surface area contributed by atoms with E-state index in [1.165, 1.54) is 0 Å². The van der Waals surface area contributed by atoms with E-state index in [9.17, 15) is 14.4 Å². The van der Waals surface area contributed by atoms with Crippen molar-refractivity contribution in [1.82, 2.24) is 14.9 Å². The average molecular weight is 376 g/mol. The third kappa shape index (κ3) is 3.64. The first-order chi connectivity index (χ1) is 13.6.